The molecule has 0 spiro atoms. The lowest BCUT2D eigenvalue weighted by Crippen LogP contribution is -2.33. The highest BCUT2D eigenvalue weighted by molar-refractivity contribution is 5.82. The molecule has 1 aromatic carbocycles. The molecule has 4 rings (SSSR count). The number of nitrogens with zero attached hydrogens (tertiary/aromatic N) is 4. The van der Waals surface area contributed by atoms with Crippen LogP contribution in [0.2, 0.25) is 0 Å². The molecule has 3 aromatic rings. The first-order valence-corrected chi connectivity index (χ1v) is 9.32. The van der Waals surface area contributed by atoms with Gasteiger partial charge in [-0.3, -0.25) is 4.57 Å². The van der Waals surface area contributed by atoms with Crippen molar-refractivity contribution in [2.24, 2.45) is 0 Å². The summed E-state index contributed by atoms with van der Waals surface area (Å²) in [6, 6.07) is 5.52. The van der Waals surface area contributed by atoms with Gasteiger partial charge in [-0.15, -0.1) is 0 Å². The van der Waals surface area contributed by atoms with Gasteiger partial charge in [0.15, 0.2) is 23.2 Å². The van der Waals surface area contributed by atoms with Gasteiger partial charge in [-0.1, -0.05) is 6.07 Å². The molecule has 0 aliphatic carbocycles. The molecule has 4 N–H and O–H groups in total. The summed E-state index contributed by atoms with van der Waals surface area (Å²) in [5.41, 5.74) is 1.69. The molecule has 0 bridgehead atoms. The number of ether oxygens (including phenoxy) is 3. The minimum absolute atomic E-state index is 0.361. The Labute approximate surface area is 171 Å². The van der Waals surface area contributed by atoms with Crippen LogP contribution in [0, 0.1) is 0 Å². The van der Waals surface area contributed by atoms with Crippen LogP contribution in [0.25, 0.3) is 11.2 Å². The molecule has 0 unspecified atom stereocenters. The minimum atomic E-state index is -1.23. The van der Waals surface area contributed by atoms with Gasteiger partial charge < -0.3 is 34.8 Å². The first kappa shape index (κ1) is 20.3. The Bertz CT molecular complexity index is 1010. The van der Waals surface area contributed by atoms with Gasteiger partial charge in [0.05, 0.1) is 32.7 Å². The zero-order chi connectivity index (χ0) is 21.3. The molecule has 3 heterocycles. The van der Waals surface area contributed by atoms with Gasteiger partial charge in [-0.2, -0.15) is 0 Å². The molecule has 160 valence electrons. The topological polar surface area (TPSA) is 144 Å². The molecule has 0 saturated carbocycles. The zero-order valence-corrected chi connectivity index (χ0v) is 16.5. The molecule has 0 amide bonds. The smallest absolute Gasteiger partial charge is 0.167 e. The predicted octanol–water partition coefficient (Wildman–Crippen LogP) is 0.0671. The Kier molecular flexibility index (Phi) is 5.68. The molecule has 0 radical (unpaired) electrons. The average molecular weight is 417 g/mol. The maximum atomic E-state index is 10.3. The molecule has 30 heavy (non-hydrogen) atoms. The summed E-state index contributed by atoms with van der Waals surface area (Å²) >= 11 is 0. The fourth-order valence-electron chi connectivity index (χ4n) is 3.55. The van der Waals surface area contributed by atoms with Gasteiger partial charge in [-0.25, -0.2) is 15.0 Å². The van der Waals surface area contributed by atoms with E-state index < -0.39 is 31.1 Å². The second kappa shape index (κ2) is 8.40. The summed E-state index contributed by atoms with van der Waals surface area (Å²) in [4.78, 5) is 12.9. The van der Waals surface area contributed by atoms with Crippen molar-refractivity contribution in [1.82, 2.24) is 19.5 Å². The van der Waals surface area contributed by atoms with E-state index in [1.807, 2.05) is 18.2 Å². The Balaban J connectivity index is 1.62. The fraction of sp³-hybridized carbons (Fsp3) is 0.421. The van der Waals surface area contributed by atoms with Gasteiger partial charge in [0.2, 0.25) is 0 Å². The normalized spacial score (nSPS) is 23.6. The average Bonchev–Trinajstić information content (AvgIpc) is 3.33. The maximum Gasteiger partial charge on any atom is 0.167 e. The molecule has 1 aliphatic rings. The molecular formula is C19H23N5O6. The van der Waals surface area contributed by atoms with Crippen molar-refractivity contribution in [2.75, 3.05) is 26.1 Å². The molecule has 4 atom stereocenters. The summed E-state index contributed by atoms with van der Waals surface area (Å²) < 4.78 is 17.9. The van der Waals surface area contributed by atoms with Crippen LogP contribution in [0.3, 0.4) is 0 Å². The third-order valence-corrected chi connectivity index (χ3v) is 5.11. The molecule has 11 heteroatoms. The highest BCUT2D eigenvalue weighted by Crippen LogP contribution is 2.33. The number of aliphatic hydroxyl groups excluding tert-OH is 3. The van der Waals surface area contributed by atoms with E-state index in [4.69, 9.17) is 14.2 Å². The van der Waals surface area contributed by atoms with E-state index in [1.165, 1.54) is 17.2 Å². The van der Waals surface area contributed by atoms with Crippen molar-refractivity contribution in [3.8, 4) is 11.5 Å². The van der Waals surface area contributed by atoms with Crippen LogP contribution in [0.15, 0.2) is 30.9 Å². The maximum absolute atomic E-state index is 10.3. The van der Waals surface area contributed by atoms with Gasteiger partial charge in [0, 0.05) is 6.54 Å². The number of fused-ring (bicyclic) bond motifs is 1. The first-order valence-electron chi connectivity index (χ1n) is 9.32. The van der Waals surface area contributed by atoms with Crippen molar-refractivity contribution < 1.29 is 29.5 Å². The lowest BCUT2D eigenvalue weighted by molar-refractivity contribution is -0.0511. The number of hydrogen-bond donors (Lipinski definition) is 4. The fourth-order valence-corrected chi connectivity index (χ4v) is 3.55. The first-order chi connectivity index (χ1) is 14.6. The second-order valence-corrected chi connectivity index (χ2v) is 6.77. The van der Waals surface area contributed by atoms with Crippen LogP contribution in [0.5, 0.6) is 11.5 Å². The summed E-state index contributed by atoms with van der Waals surface area (Å²) in [7, 11) is 3.17. The monoisotopic (exact) mass is 417 g/mol. The molecule has 11 nitrogen and oxygen atoms in total. The summed E-state index contributed by atoms with van der Waals surface area (Å²) in [5, 5.41) is 32.9. The standard InChI is InChI=1S/C19H23N5O6/c1-28-11-4-3-5-12(29-2)10(11)6-20-17-14-18(22-8-21-17)24(9-23-14)19-16(27)15(26)13(7-25)30-19/h3-5,8-9,13,15-16,19,25-27H,6-7H2,1-2H3,(H,20,21,22)/t13-,15-,16-,19-/m1/s1. The van der Waals surface area contributed by atoms with E-state index in [0.717, 1.165) is 5.56 Å². The number of rotatable bonds is 7. The SMILES string of the molecule is COc1cccc(OC)c1CNc1ncnc2c1ncn2[C@@H]1O[C@H](CO)[C@@H](O)[C@H]1O. The Morgan fingerprint density at radius 1 is 1.10 bits per heavy atom. The minimum Gasteiger partial charge on any atom is -0.496 e. The zero-order valence-electron chi connectivity index (χ0n) is 16.5. The van der Waals surface area contributed by atoms with Crippen LogP contribution in [-0.2, 0) is 11.3 Å². The van der Waals surface area contributed by atoms with E-state index >= 15 is 0 Å². The van der Waals surface area contributed by atoms with Crippen molar-refractivity contribution in [3.63, 3.8) is 0 Å². The van der Waals surface area contributed by atoms with E-state index in [-0.39, 0.29) is 0 Å². The quantitative estimate of drug-likeness (QED) is 0.417. The van der Waals surface area contributed by atoms with Gasteiger partial charge in [0.25, 0.3) is 0 Å². The van der Waals surface area contributed by atoms with Crippen LogP contribution in [-0.4, -0.2) is 74.0 Å². The number of methoxy groups -OCH3 is 2. The third-order valence-electron chi connectivity index (χ3n) is 5.11. The second-order valence-electron chi connectivity index (χ2n) is 6.77. The van der Waals surface area contributed by atoms with Gasteiger partial charge >= 0.3 is 0 Å². The van der Waals surface area contributed by atoms with Crippen molar-refractivity contribution in [1.29, 1.82) is 0 Å². The van der Waals surface area contributed by atoms with Crippen LogP contribution >= 0.6 is 0 Å². The van der Waals surface area contributed by atoms with Gasteiger partial charge in [-0.05, 0) is 12.1 Å². The van der Waals surface area contributed by atoms with Crippen LogP contribution in [0.4, 0.5) is 5.82 Å². The van der Waals surface area contributed by atoms with Crippen molar-refractivity contribution >= 4 is 17.0 Å². The molecule has 1 saturated heterocycles. The predicted molar refractivity (Wildman–Crippen MR) is 105 cm³/mol. The Morgan fingerprint density at radius 3 is 2.47 bits per heavy atom. The lowest BCUT2D eigenvalue weighted by atomic mass is 10.1. The third kappa shape index (κ3) is 3.41. The molecular weight excluding hydrogens is 394 g/mol. The molecule has 1 aliphatic heterocycles. The number of hydrogen-bond acceptors (Lipinski definition) is 10. The van der Waals surface area contributed by atoms with Crippen molar-refractivity contribution in [2.45, 2.75) is 31.1 Å². The summed E-state index contributed by atoms with van der Waals surface area (Å²) in [5.74, 6) is 1.81. The van der Waals surface area contributed by atoms with Gasteiger partial charge in [0.1, 0.15) is 36.1 Å². The number of anilines is 1. The molecule has 2 aromatic heterocycles. The van der Waals surface area contributed by atoms with Crippen LogP contribution in [0.1, 0.15) is 11.8 Å². The van der Waals surface area contributed by atoms with Crippen molar-refractivity contribution in [3.05, 3.63) is 36.4 Å². The van der Waals surface area contributed by atoms with Crippen LogP contribution < -0.4 is 14.8 Å². The number of nitrogens with one attached hydrogen (secondary N) is 1. The Morgan fingerprint density at radius 2 is 1.83 bits per heavy atom. The summed E-state index contributed by atoms with van der Waals surface area (Å²) in [6.45, 7) is -0.0517. The van der Waals surface area contributed by atoms with E-state index in [1.54, 1.807) is 14.2 Å². The number of benzene rings is 1. The lowest BCUT2D eigenvalue weighted by Gasteiger charge is -2.16. The van der Waals surface area contributed by atoms with E-state index in [9.17, 15) is 15.3 Å². The summed E-state index contributed by atoms with van der Waals surface area (Å²) in [6.07, 6.45) is -1.45. The molecule has 1 fully saturated rings. The largest absolute Gasteiger partial charge is 0.496 e. The number of imidazole rings is 1. The highest BCUT2D eigenvalue weighted by Gasteiger charge is 2.44. The number of aliphatic hydroxyl groups is 3. The number of aromatic nitrogens is 4. The van der Waals surface area contributed by atoms with E-state index in [0.29, 0.717) is 35.0 Å². The highest BCUT2D eigenvalue weighted by atomic mass is 16.6. The van der Waals surface area contributed by atoms with E-state index in [2.05, 4.69) is 20.3 Å². The Hall–Kier alpha value is -2.99.